The maximum absolute atomic E-state index is 12.2. The molecule has 0 aliphatic carbocycles. The molecule has 0 fully saturated rings. The Kier molecular flexibility index (Phi) is 8.08. The first-order valence-electron chi connectivity index (χ1n) is 6.81. The van der Waals surface area contributed by atoms with Crippen molar-refractivity contribution in [3.8, 4) is 5.75 Å². The van der Waals surface area contributed by atoms with E-state index in [1.807, 2.05) is 6.07 Å². The van der Waals surface area contributed by atoms with E-state index in [4.69, 9.17) is 9.29 Å². The van der Waals surface area contributed by atoms with Crippen molar-refractivity contribution >= 4 is 15.9 Å². The van der Waals surface area contributed by atoms with Gasteiger partial charge in [0.05, 0.1) is 0 Å². The summed E-state index contributed by atoms with van der Waals surface area (Å²) in [5, 5.41) is 9.42. The second-order valence-electron chi connectivity index (χ2n) is 4.93. The molecule has 0 aliphatic heterocycles. The molecule has 0 saturated heterocycles. The molecule has 8 heteroatoms. The third-order valence-electron chi connectivity index (χ3n) is 3.00. The fourth-order valence-electron chi connectivity index (χ4n) is 1.94. The van der Waals surface area contributed by atoms with Crippen LogP contribution in [0, 0.1) is 0 Å². The molecule has 0 saturated carbocycles. The molecule has 0 radical (unpaired) electrons. The van der Waals surface area contributed by atoms with Gasteiger partial charge in [-0.25, -0.2) is 0 Å². The average molecular weight is 360 g/mol. The number of ether oxygens (including phenoxy) is 1. The van der Waals surface area contributed by atoms with Crippen molar-refractivity contribution in [1.82, 2.24) is 0 Å². The fourth-order valence-corrected chi connectivity index (χ4v) is 2.52. The molecule has 0 aromatic heterocycles. The summed E-state index contributed by atoms with van der Waals surface area (Å²) < 4.78 is 35.0. The van der Waals surface area contributed by atoms with E-state index in [0.717, 1.165) is 0 Å². The monoisotopic (exact) mass is 360 g/mol. The van der Waals surface area contributed by atoms with E-state index >= 15 is 0 Å². The van der Waals surface area contributed by atoms with Crippen molar-refractivity contribution in [2.45, 2.75) is 6.10 Å². The van der Waals surface area contributed by atoms with Gasteiger partial charge in [-0.2, -0.15) is 8.42 Å². The summed E-state index contributed by atoms with van der Waals surface area (Å²) in [4.78, 5) is 12.2. The second-order valence-corrected chi connectivity index (χ2v) is 6.43. The molecular formula is C16H17NaO6S. The smallest absolute Gasteiger partial charge is 1.00 e. The summed E-state index contributed by atoms with van der Waals surface area (Å²) in [6.45, 7) is -0.286. The fraction of sp³-hybridized carbons (Fsp3) is 0.188. The molecule has 0 bridgehead atoms. The minimum atomic E-state index is -4.25. The van der Waals surface area contributed by atoms with Crippen LogP contribution in [0.4, 0.5) is 0 Å². The van der Waals surface area contributed by atoms with E-state index in [0.29, 0.717) is 16.9 Å². The van der Waals surface area contributed by atoms with Crippen LogP contribution in [0.1, 0.15) is 17.3 Å². The van der Waals surface area contributed by atoms with Gasteiger partial charge in [-0.3, -0.25) is 9.35 Å². The Morgan fingerprint density at radius 2 is 1.58 bits per heavy atom. The normalized spacial score (nSPS) is 12.1. The average Bonchev–Trinajstić information content (AvgIpc) is 2.52. The molecule has 0 aliphatic rings. The van der Waals surface area contributed by atoms with Crippen LogP contribution < -0.4 is 34.3 Å². The zero-order valence-corrected chi connectivity index (χ0v) is 15.9. The first-order chi connectivity index (χ1) is 10.8. The Bertz CT molecular complexity index is 765. The largest absolute Gasteiger partial charge is 1.00 e. The number of benzene rings is 2. The second kappa shape index (κ2) is 9.31. The van der Waals surface area contributed by atoms with Crippen LogP contribution in [0.25, 0.3) is 0 Å². The molecule has 2 aromatic carbocycles. The summed E-state index contributed by atoms with van der Waals surface area (Å²) in [7, 11) is -4.25. The topological polar surface area (TPSA) is 101 Å². The third kappa shape index (κ3) is 6.72. The standard InChI is InChI=1S/C16H16O6S.Na.H/c17-14(11-23(19,20)21)10-22-15-8-6-13(7-9-15)16(18)12-4-2-1-3-5-12;;/h1-9,14,17H,10-11H2,(H,19,20,21);;/q;+1;-1. The minimum absolute atomic E-state index is 0. The first kappa shape index (κ1) is 20.8. The predicted octanol–water partition coefficient (Wildman–Crippen LogP) is -1.34. The first-order valence-corrected chi connectivity index (χ1v) is 8.42. The van der Waals surface area contributed by atoms with E-state index in [9.17, 15) is 18.3 Å². The quantitative estimate of drug-likeness (QED) is 0.360. The number of ketones is 1. The molecule has 0 amide bonds. The number of rotatable bonds is 7. The molecule has 1 unspecified atom stereocenters. The van der Waals surface area contributed by atoms with Gasteiger partial charge in [-0.05, 0) is 24.3 Å². The zero-order valence-electron chi connectivity index (χ0n) is 14.1. The molecular weight excluding hydrogens is 343 g/mol. The number of aliphatic hydroxyl groups excluding tert-OH is 1. The van der Waals surface area contributed by atoms with Gasteiger partial charge in [0.15, 0.2) is 5.78 Å². The van der Waals surface area contributed by atoms with Gasteiger partial charge >= 0.3 is 29.6 Å². The van der Waals surface area contributed by atoms with Crippen molar-refractivity contribution in [3.63, 3.8) is 0 Å². The van der Waals surface area contributed by atoms with Crippen molar-refractivity contribution in [2.24, 2.45) is 0 Å². The van der Waals surface area contributed by atoms with E-state index in [-0.39, 0.29) is 43.4 Å². The zero-order chi connectivity index (χ0) is 16.9. The molecule has 2 aromatic rings. The molecule has 0 heterocycles. The van der Waals surface area contributed by atoms with E-state index in [1.54, 1.807) is 48.5 Å². The maximum Gasteiger partial charge on any atom is 1.00 e. The molecule has 6 nitrogen and oxygen atoms in total. The summed E-state index contributed by atoms with van der Waals surface area (Å²) in [6.07, 6.45) is -1.34. The molecule has 24 heavy (non-hydrogen) atoms. The van der Waals surface area contributed by atoms with Crippen molar-refractivity contribution in [2.75, 3.05) is 12.4 Å². The van der Waals surface area contributed by atoms with Crippen LogP contribution in [-0.2, 0) is 10.1 Å². The number of hydrogen-bond acceptors (Lipinski definition) is 5. The third-order valence-corrected chi connectivity index (χ3v) is 3.80. The molecule has 124 valence electrons. The van der Waals surface area contributed by atoms with Crippen LogP contribution >= 0.6 is 0 Å². The predicted molar refractivity (Wildman–Crippen MR) is 85.3 cm³/mol. The van der Waals surface area contributed by atoms with Gasteiger partial charge in [0, 0.05) is 11.1 Å². The van der Waals surface area contributed by atoms with Gasteiger partial charge in [0.1, 0.15) is 24.2 Å². The van der Waals surface area contributed by atoms with E-state index in [2.05, 4.69) is 0 Å². The molecule has 0 spiro atoms. The summed E-state index contributed by atoms with van der Waals surface area (Å²) >= 11 is 0. The SMILES string of the molecule is O=C(c1ccccc1)c1ccc(OCC(O)CS(=O)(=O)O)cc1.[H-].[Na+]. The Labute approximate surface area is 164 Å². The summed E-state index contributed by atoms with van der Waals surface area (Å²) in [5.41, 5.74) is 1.06. The summed E-state index contributed by atoms with van der Waals surface area (Å²) in [6, 6.07) is 15.1. The molecule has 1 atom stereocenters. The van der Waals surface area contributed by atoms with Gasteiger partial charge in [-0.1, -0.05) is 30.3 Å². The Balaban J connectivity index is 0.00000288. The van der Waals surface area contributed by atoms with E-state index in [1.165, 1.54) is 0 Å². The maximum atomic E-state index is 12.2. The minimum Gasteiger partial charge on any atom is -1.00 e. The molecule has 2 N–H and O–H groups in total. The van der Waals surface area contributed by atoms with Crippen LogP contribution in [0.15, 0.2) is 54.6 Å². The van der Waals surface area contributed by atoms with Gasteiger partial charge < -0.3 is 11.3 Å². The van der Waals surface area contributed by atoms with Crippen molar-refractivity contribution in [1.29, 1.82) is 0 Å². The van der Waals surface area contributed by atoms with Gasteiger partial charge in [0.25, 0.3) is 10.1 Å². The number of aliphatic hydroxyl groups is 1. The van der Waals surface area contributed by atoms with Crippen LogP contribution in [0.5, 0.6) is 5.75 Å². The summed E-state index contributed by atoms with van der Waals surface area (Å²) in [5.74, 6) is -0.537. The van der Waals surface area contributed by atoms with Gasteiger partial charge in [0.2, 0.25) is 0 Å². The number of carbonyl (C=O) groups is 1. The molecule has 2 rings (SSSR count). The number of carbonyl (C=O) groups excluding carboxylic acids is 1. The van der Waals surface area contributed by atoms with Crippen LogP contribution in [0.2, 0.25) is 0 Å². The van der Waals surface area contributed by atoms with E-state index < -0.39 is 22.0 Å². The Morgan fingerprint density at radius 3 is 2.12 bits per heavy atom. The number of hydrogen-bond donors (Lipinski definition) is 2. The van der Waals surface area contributed by atoms with Crippen LogP contribution in [-0.4, -0.2) is 42.3 Å². The Hall–Kier alpha value is -1.22. The van der Waals surface area contributed by atoms with Crippen LogP contribution in [0.3, 0.4) is 0 Å². The van der Waals surface area contributed by atoms with Crippen molar-refractivity contribution < 1.29 is 58.6 Å². The van der Waals surface area contributed by atoms with Gasteiger partial charge in [-0.15, -0.1) is 0 Å². The Morgan fingerprint density at radius 1 is 1.04 bits per heavy atom. The van der Waals surface area contributed by atoms with Crippen molar-refractivity contribution in [3.05, 3.63) is 65.7 Å².